The van der Waals surface area contributed by atoms with Crippen molar-refractivity contribution in [3.8, 4) is 11.5 Å². The fourth-order valence-corrected chi connectivity index (χ4v) is 5.54. The minimum absolute atomic E-state index is 0.0533. The number of rotatable bonds is 8. The first-order valence-corrected chi connectivity index (χ1v) is 17.7. The molecule has 0 fully saturated rings. The van der Waals surface area contributed by atoms with Crippen molar-refractivity contribution >= 4 is 89.9 Å². The zero-order valence-corrected chi connectivity index (χ0v) is 31.3. The molecule has 0 heterocycles. The Labute approximate surface area is 326 Å². The molecular weight excluding hydrogens is 820 g/mol. The molecule has 0 saturated heterocycles. The summed E-state index contributed by atoms with van der Waals surface area (Å²) in [5.74, 6) is -1.58. The molecule has 0 aliphatic heterocycles. The zero-order valence-electron chi connectivity index (χ0n) is 28.1. The lowest BCUT2D eigenvalue weighted by molar-refractivity contribution is 0.101. The molecule has 0 atom stereocenters. The number of hydrogen-bond acceptors (Lipinski definition) is 6. The number of phenolic OH excluding ortho intramolecular Hbond substituents is 2. The van der Waals surface area contributed by atoms with Crippen LogP contribution < -0.4 is 31.9 Å². The molecule has 0 radical (unpaired) electrons. The number of aromatic hydroxyl groups is 2. The molecule has 0 spiro atoms. The highest BCUT2D eigenvalue weighted by Crippen LogP contribution is 2.30. The van der Waals surface area contributed by atoms with Crippen molar-refractivity contribution in [3.05, 3.63) is 166 Å². The molecule has 6 amide bonds. The molecule has 54 heavy (non-hydrogen) atoms. The minimum Gasteiger partial charge on any atom is -0.505 e. The highest BCUT2D eigenvalue weighted by molar-refractivity contribution is 9.11. The maximum Gasteiger partial charge on any atom is 0.323 e. The first-order chi connectivity index (χ1) is 26.1. The van der Waals surface area contributed by atoms with Gasteiger partial charge in [-0.25, -0.2) is 9.59 Å². The van der Waals surface area contributed by atoms with Gasteiger partial charge in [0.25, 0.3) is 11.8 Å². The SMILES string of the molecule is O=C(Nc1ccccc1Br)Nc1cccc(C(=O)Nc2ccccc2)c1O.O=C(Nc1ccccc1Br)Nc1cccc(C(=O)Nc2ccccc2)c1O. The Bertz CT molecular complexity index is 2110. The van der Waals surface area contributed by atoms with Crippen LogP contribution in [0.1, 0.15) is 20.7 Å². The number of carbonyl (C=O) groups is 4. The Hall–Kier alpha value is -6.64. The Kier molecular flexibility index (Phi) is 13.4. The summed E-state index contributed by atoms with van der Waals surface area (Å²) in [6, 6.07) is 40.1. The summed E-state index contributed by atoms with van der Waals surface area (Å²) in [6.45, 7) is 0. The number of halogens is 2. The fraction of sp³-hybridized carbons (Fsp3) is 0. The average Bonchev–Trinajstić information content (AvgIpc) is 3.16. The van der Waals surface area contributed by atoms with Gasteiger partial charge in [0.15, 0.2) is 11.5 Å². The van der Waals surface area contributed by atoms with Crippen molar-refractivity contribution < 1.29 is 29.4 Å². The van der Waals surface area contributed by atoms with Gasteiger partial charge in [-0.3, -0.25) is 9.59 Å². The van der Waals surface area contributed by atoms with Gasteiger partial charge in [-0.05, 0) is 105 Å². The second kappa shape index (κ2) is 18.7. The Morgan fingerprint density at radius 2 is 0.685 bits per heavy atom. The van der Waals surface area contributed by atoms with E-state index in [0.29, 0.717) is 22.7 Å². The molecule has 6 rings (SSSR count). The van der Waals surface area contributed by atoms with E-state index >= 15 is 0 Å². The van der Waals surface area contributed by atoms with E-state index < -0.39 is 23.9 Å². The Morgan fingerprint density at radius 3 is 1.06 bits per heavy atom. The molecule has 8 N–H and O–H groups in total. The van der Waals surface area contributed by atoms with Gasteiger partial charge in [0.1, 0.15) is 0 Å². The van der Waals surface area contributed by atoms with Crippen molar-refractivity contribution in [2.45, 2.75) is 0 Å². The molecule has 6 aromatic carbocycles. The second-order valence-electron chi connectivity index (χ2n) is 11.2. The third kappa shape index (κ3) is 10.7. The molecule has 0 aromatic heterocycles. The van der Waals surface area contributed by atoms with Gasteiger partial charge >= 0.3 is 12.1 Å². The van der Waals surface area contributed by atoms with Crippen LogP contribution in [-0.2, 0) is 0 Å². The minimum atomic E-state index is -0.544. The van der Waals surface area contributed by atoms with Crippen LogP contribution in [0.3, 0.4) is 0 Å². The highest BCUT2D eigenvalue weighted by atomic mass is 79.9. The third-order valence-electron chi connectivity index (χ3n) is 7.37. The van der Waals surface area contributed by atoms with Gasteiger partial charge in [-0.1, -0.05) is 72.8 Å². The second-order valence-corrected chi connectivity index (χ2v) is 12.9. The quantitative estimate of drug-likeness (QED) is 0.0706. The lowest BCUT2D eigenvalue weighted by Gasteiger charge is -2.12. The van der Waals surface area contributed by atoms with Gasteiger partial charge in [-0.15, -0.1) is 0 Å². The van der Waals surface area contributed by atoms with Crippen LogP contribution >= 0.6 is 31.9 Å². The summed E-state index contributed by atoms with van der Waals surface area (Å²) in [7, 11) is 0. The monoisotopic (exact) mass is 850 g/mol. The van der Waals surface area contributed by atoms with Crippen molar-refractivity contribution in [3.63, 3.8) is 0 Å². The molecule has 0 unspecified atom stereocenters. The van der Waals surface area contributed by atoms with Gasteiger partial charge in [0.2, 0.25) is 0 Å². The maximum atomic E-state index is 12.4. The molecular formula is C40H32Br2N6O6. The summed E-state index contributed by atoms with van der Waals surface area (Å²) >= 11 is 6.68. The summed E-state index contributed by atoms with van der Waals surface area (Å²) in [5, 5.41) is 36.6. The first kappa shape index (κ1) is 38.6. The van der Waals surface area contributed by atoms with Crippen molar-refractivity contribution in [1.82, 2.24) is 0 Å². The molecule has 12 nitrogen and oxygen atoms in total. The van der Waals surface area contributed by atoms with E-state index in [4.69, 9.17) is 0 Å². The van der Waals surface area contributed by atoms with Crippen LogP contribution in [0.15, 0.2) is 155 Å². The Morgan fingerprint density at radius 1 is 0.370 bits per heavy atom. The standard InChI is InChI=1S/2C20H16BrN3O3/c2*21-15-10-4-5-11-16(15)23-20(27)24-17-12-6-9-14(18(17)25)19(26)22-13-7-2-1-3-8-13/h2*1-12,25H,(H,22,26)(H2,23,24,27). The maximum absolute atomic E-state index is 12.4. The summed E-state index contributed by atoms with van der Waals surface area (Å²) in [4.78, 5) is 49.2. The lowest BCUT2D eigenvalue weighted by atomic mass is 10.1. The summed E-state index contributed by atoms with van der Waals surface area (Å²) < 4.78 is 1.45. The summed E-state index contributed by atoms with van der Waals surface area (Å²) in [5.41, 5.74) is 2.72. The molecule has 0 bridgehead atoms. The van der Waals surface area contributed by atoms with Crippen LogP contribution in [0.2, 0.25) is 0 Å². The predicted molar refractivity (Wildman–Crippen MR) is 219 cm³/mol. The fourth-order valence-electron chi connectivity index (χ4n) is 4.77. The van der Waals surface area contributed by atoms with E-state index in [0.717, 1.165) is 8.95 Å². The van der Waals surface area contributed by atoms with E-state index in [-0.39, 0.29) is 34.0 Å². The number of urea groups is 2. The number of amides is 6. The largest absolute Gasteiger partial charge is 0.505 e. The smallest absolute Gasteiger partial charge is 0.323 e. The van der Waals surface area contributed by atoms with E-state index in [2.05, 4.69) is 63.8 Å². The van der Waals surface area contributed by atoms with Crippen LogP contribution in [0, 0.1) is 0 Å². The molecule has 0 saturated carbocycles. The van der Waals surface area contributed by atoms with Crippen LogP contribution in [0.25, 0.3) is 0 Å². The molecule has 0 aliphatic rings. The lowest BCUT2D eigenvalue weighted by Crippen LogP contribution is -2.20. The van der Waals surface area contributed by atoms with Gasteiger partial charge in [0.05, 0.1) is 33.9 Å². The average molecular weight is 853 g/mol. The number of benzene rings is 6. The number of hydrogen-bond donors (Lipinski definition) is 8. The van der Waals surface area contributed by atoms with Crippen LogP contribution in [0.5, 0.6) is 11.5 Å². The number of para-hydroxylation sites is 6. The number of anilines is 6. The number of carbonyl (C=O) groups excluding carboxylic acids is 4. The van der Waals surface area contributed by atoms with E-state index in [9.17, 15) is 29.4 Å². The number of phenols is 2. The van der Waals surface area contributed by atoms with Gasteiger partial charge < -0.3 is 42.1 Å². The van der Waals surface area contributed by atoms with Gasteiger partial charge in [-0.2, -0.15) is 0 Å². The zero-order chi connectivity index (χ0) is 38.5. The van der Waals surface area contributed by atoms with Crippen LogP contribution in [-0.4, -0.2) is 34.1 Å². The van der Waals surface area contributed by atoms with E-state index in [1.54, 1.807) is 97.1 Å². The van der Waals surface area contributed by atoms with Crippen molar-refractivity contribution in [2.24, 2.45) is 0 Å². The normalized spacial score (nSPS) is 10.1. The predicted octanol–water partition coefficient (Wildman–Crippen LogP) is 10.1. The van der Waals surface area contributed by atoms with E-state index in [1.165, 1.54) is 24.3 Å². The summed E-state index contributed by atoms with van der Waals surface area (Å²) in [6.07, 6.45) is 0. The molecule has 14 heteroatoms. The van der Waals surface area contributed by atoms with Crippen molar-refractivity contribution in [1.29, 1.82) is 0 Å². The van der Waals surface area contributed by atoms with Crippen molar-refractivity contribution in [2.75, 3.05) is 31.9 Å². The number of nitrogens with one attached hydrogen (secondary N) is 6. The van der Waals surface area contributed by atoms with E-state index in [1.807, 2.05) is 24.3 Å². The Balaban J connectivity index is 0.000000208. The topological polar surface area (TPSA) is 181 Å². The molecule has 272 valence electrons. The van der Waals surface area contributed by atoms with Gasteiger partial charge in [0, 0.05) is 20.3 Å². The molecule has 0 aliphatic carbocycles. The highest BCUT2D eigenvalue weighted by Gasteiger charge is 2.18. The van der Waals surface area contributed by atoms with Crippen LogP contribution in [0.4, 0.5) is 43.7 Å². The molecule has 6 aromatic rings. The first-order valence-electron chi connectivity index (χ1n) is 16.1. The third-order valence-corrected chi connectivity index (χ3v) is 8.75.